The van der Waals surface area contributed by atoms with Crippen LogP contribution in [0.2, 0.25) is 0 Å². The first-order chi connectivity index (χ1) is 19.6. The van der Waals surface area contributed by atoms with E-state index in [1.54, 1.807) is 48.5 Å². The molecule has 0 aliphatic carbocycles. The number of nitrogens with one attached hydrogen (secondary N) is 3. The highest BCUT2D eigenvalue weighted by Crippen LogP contribution is 2.31. The maximum atomic E-state index is 13.7. The van der Waals surface area contributed by atoms with Crippen LogP contribution in [0.25, 0.3) is 21.9 Å². The molecular formula is C30H31N5O6. The minimum absolute atomic E-state index is 0.129. The number of carbonyl (C=O) groups is 2. The Hall–Kier alpha value is -4.61. The quantitative estimate of drug-likeness (QED) is 0.197. The Kier molecular flexibility index (Phi) is 6.76. The molecule has 212 valence electrons. The number of aromatic nitrogens is 2. The number of phenols is 1. The fourth-order valence-electron chi connectivity index (χ4n) is 4.90. The van der Waals surface area contributed by atoms with E-state index in [4.69, 9.17) is 13.7 Å². The minimum atomic E-state index is -0.480. The molecular weight excluding hydrogens is 526 g/mol. The van der Waals surface area contributed by atoms with Crippen molar-refractivity contribution in [1.82, 2.24) is 15.0 Å². The Bertz CT molecular complexity index is 1750. The number of nitrogens with zero attached hydrogens (tertiary/aromatic N) is 2. The molecule has 6 rings (SSSR count). The Morgan fingerprint density at radius 3 is 2.61 bits per heavy atom. The first-order valence-corrected chi connectivity index (χ1v) is 13.4. The number of ketones is 1. The number of amides is 2. The Morgan fingerprint density at radius 1 is 1.05 bits per heavy atom. The summed E-state index contributed by atoms with van der Waals surface area (Å²) in [4.78, 5) is 31.8. The highest BCUT2D eigenvalue weighted by atomic mass is 16.5. The third kappa shape index (κ3) is 5.54. The van der Waals surface area contributed by atoms with Gasteiger partial charge in [-0.05, 0) is 42.5 Å². The van der Waals surface area contributed by atoms with Crippen molar-refractivity contribution in [3.63, 3.8) is 0 Å². The average molecular weight is 558 g/mol. The van der Waals surface area contributed by atoms with E-state index in [0.717, 1.165) is 29.6 Å². The number of carbonyl (C=O) groups excluding carboxylic acids is 2. The molecule has 0 unspecified atom stereocenters. The van der Waals surface area contributed by atoms with Crippen molar-refractivity contribution in [2.45, 2.75) is 32.7 Å². The van der Waals surface area contributed by atoms with Gasteiger partial charge in [0.05, 0.1) is 18.9 Å². The molecule has 1 aliphatic rings. The first kappa shape index (κ1) is 26.6. The second kappa shape index (κ2) is 10.4. The summed E-state index contributed by atoms with van der Waals surface area (Å²) in [6, 6.07) is 13.0. The summed E-state index contributed by atoms with van der Waals surface area (Å²) in [6.07, 6.45) is 0. The lowest BCUT2D eigenvalue weighted by molar-refractivity contribution is 0.0342. The molecule has 41 heavy (non-hydrogen) atoms. The van der Waals surface area contributed by atoms with Crippen molar-refractivity contribution in [3.8, 4) is 5.75 Å². The van der Waals surface area contributed by atoms with E-state index in [-0.39, 0.29) is 22.7 Å². The molecule has 11 heteroatoms. The van der Waals surface area contributed by atoms with Crippen molar-refractivity contribution >= 4 is 45.2 Å². The second-order valence-electron chi connectivity index (χ2n) is 11.2. The molecule has 11 nitrogen and oxygen atoms in total. The van der Waals surface area contributed by atoms with Gasteiger partial charge in [-0.25, -0.2) is 4.79 Å². The first-order valence-electron chi connectivity index (χ1n) is 13.4. The van der Waals surface area contributed by atoms with Crippen LogP contribution in [-0.4, -0.2) is 58.3 Å². The number of fused-ring (bicyclic) bond motifs is 2. The predicted molar refractivity (Wildman–Crippen MR) is 154 cm³/mol. The topological polar surface area (TPSA) is 146 Å². The maximum Gasteiger partial charge on any atom is 0.324 e. The second-order valence-corrected chi connectivity index (χ2v) is 11.2. The number of urea groups is 1. The summed E-state index contributed by atoms with van der Waals surface area (Å²) in [6.45, 7) is 9.26. The summed E-state index contributed by atoms with van der Waals surface area (Å²) >= 11 is 0. The molecule has 0 bridgehead atoms. The molecule has 2 amide bonds. The molecule has 4 heterocycles. The van der Waals surface area contributed by atoms with Gasteiger partial charge >= 0.3 is 6.03 Å². The zero-order chi connectivity index (χ0) is 28.7. The van der Waals surface area contributed by atoms with Gasteiger partial charge in [-0.3, -0.25) is 15.0 Å². The fraction of sp³-hybridized carbons (Fsp3) is 0.300. The van der Waals surface area contributed by atoms with Crippen LogP contribution in [-0.2, 0) is 16.7 Å². The zero-order valence-electron chi connectivity index (χ0n) is 23.0. The molecule has 1 aliphatic heterocycles. The van der Waals surface area contributed by atoms with Gasteiger partial charge in [0.2, 0.25) is 5.78 Å². The summed E-state index contributed by atoms with van der Waals surface area (Å²) in [5, 5.41) is 20.9. The van der Waals surface area contributed by atoms with E-state index in [1.807, 2.05) is 20.8 Å². The molecule has 5 aromatic rings. The van der Waals surface area contributed by atoms with Gasteiger partial charge in [-0.2, -0.15) is 0 Å². The Labute approximate surface area is 235 Å². The van der Waals surface area contributed by atoms with Crippen LogP contribution in [0.1, 0.15) is 48.3 Å². The van der Waals surface area contributed by atoms with Crippen LogP contribution in [0.5, 0.6) is 5.75 Å². The highest BCUT2D eigenvalue weighted by Gasteiger charge is 2.25. The van der Waals surface area contributed by atoms with Crippen LogP contribution >= 0.6 is 0 Å². The summed E-state index contributed by atoms with van der Waals surface area (Å²) in [5.74, 6) is 0.963. The number of hydrogen-bond acceptors (Lipinski definition) is 8. The monoisotopic (exact) mass is 557 g/mol. The molecule has 0 radical (unpaired) electrons. The number of benzene rings is 2. The third-order valence-corrected chi connectivity index (χ3v) is 7.09. The highest BCUT2D eigenvalue weighted by molar-refractivity contribution is 6.12. The van der Waals surface area contributed by atoms with Crippen LogP contribution in [0, 0.1) is 0 Å². The van der Waals surface area contributed by atoms with Crippen LogP contribution in [0.15, 0.2) is 57.5 Å². The average Bonchev–Trinajstić information content (AvgIpc) is 3.66. The number of aromatic amines is 1. The van der Waals surface area contributed by atoms with Gasteiger partial charge in [0.1, 0.15) is 17.1 Å². The van der Waals surface area contributed by atoms with E-state index in [1.165, 1.54) is 0 Å². The van der Waals surface area contributed by atoms with Crippen LogP contribution < -0.4 is 10.6 Å². The van der Waals surface area contributed by atoms with Crippen LogP contribution in [0.3, 0.4) is 0 Å². The zero-order valence-corrected chi connectivity index (χ0v) is 23.0. The van der Waals surface area contributed by atoms with Crippen molar-refractivity contribution in [1.29, 1.82) is 0 Å². The number of hydrogen-bond donors (Lipinski definition) is 4. The smallest absolute Gasteiger partial charge is 0.324 e. The van der Waals surface area contributed by atoms with Gasteiger partial charge in [-0.15, -0.1) is 0 Å². The van der Waals surface area contributed by atoms with Gasteiger partial charge in [0.25, 0.3) is 0 Å². The van der Waals surface area contributed by atoms with Gasteiger partial charge in [0, 0.05) is 58.7 Å². The van der Waals surface area contributed by atoms with E-state index in [0.29, 0.717) is 53.7 Å². The molecule has 4 N–H and O–H groups in total. The standard InChI is InChI=1S/C30H31N5O6/c1-30(2,3)25-15-26(34-41-25)33-29(38)31-18-4-7-23-17(12-18)13-24(40-23)28(37)27-21(16-35-8-10-39-11-9-35)20-14-19(36)5-6-22(20)32-27/h4-7,12-15,32,36H,8-11,16H2,1-3H3,(H2,31,33,34,38). The molecule has 0 saturated carbocycles. The van der Waals surface area contributed by atoms with Crippen molar-refractivity contribution in [3.05, 3.63) is 71.3 Å². The molecule has 3 aromatic heterocycles. The van der Waals surface area contributed by atoms with Crippen molar-refractivity contribution < 1.29 is 28.4 Å². The molecule has 1 saturated heterocycles. The van der Waals surface area contributed by atoms with Gasteiger partial charge < -0.3 is 29.1 Å². The predicted octanol–water partition coefficient (Wildman–Crippen LogP) is 5.61. The summed E-state index contributed by atoms with van der Waals surface area (Å²) < 4.78 is 16.7. The van der Waals surface area contributed by atoms with Gasteiger partial charge in [-0.1, -0.05) is 25.9 Å². The molecule has 0 atom stereocenters. The number of H-pyrrole nitrogens is 1. The lowest BCUT2D eigenvalue weighted by Crippen LogP contribution is -2.36. The molecule has 0 spiro atoms. The van der Waals surface area contributed by atoms with E-state index >= 15 is 0 Å². The normalized spacial score (nSPS) is 14.5. The summed E-state index contributed by atoms with van der Waals surface area (Å²) in [5.41, 5.74) is 2.76. The maximum absolute atomic E-state index is 13.7. The number of anilines is 2. The third-order valence-electron chi connectivity index (χ3n) is 7.09. The van der Waals surface area contributed by atoms with Crippen LogP contribution in [0.4, 0.5) is 16.3 Å². The minimum Gasteiger partial charge on any atom is -0.508 e. The fourth-order valence-corrected chi connectivity index (χ4v) is 4.90. The number of aromatic hydroxyl groups is 1. The number of phenolic OH excluding ortho intramolecular Hbond substituents is 1. The number of ether oxygens (including phenoxy) is 1. The lowest BCUT2D eigenvalue weighted by atomic mass is 9.93. The SMILES string of the molecule is CC(C)(C)c1cc(NC(=O)Nc2ccc3oc(C(=O)c4[nH]c5ccc(O)cc5c4CN4CCOCC4)cc3c2)no1. The van der Waals surface area contributed by atoms with E-state index < -0.39 is 6.03 Å². The number of morpholine rings is 1. The largest absolute Gasteiger partial charge is 0.508 e. The van der Waals surface area contributed by atoms with Crippen molar-refractivity contribution in [2.24, 2.45) is 0 Å². The number of rotatable bonds is 6. The molecule has 2 aromatic carbocycles. The van der Waals surface area contributed by atoms with E-state index in [9.17, 15) is 14.7 Å². The molecule has 1 fully saturated rings. The Morgan fingerprint density at radius 2 is 1.85 bits per heavy atom. The number of furan rings is 1. The van der Waals surface area contributed by atoms with Crippen molar-refractivity contribution in [2.75, 3.05) is 36.9 Å². The van der Waals surface area contributed by atoms with E-state index in [2.05, 4.69) is 25.7 Å². The summed E-state index contributed by atoms with van der Waals surface area (Å²) in [7, 11) is 0. The lowest BCUT2D eigenvalue weighted by Gasteiger charge is -2.26. The Balaban J connectivity index is 1.23. The van der Waals surface area contributed by atoms with Gasteiger partial charge in [0.15, 0.2) is 11.6 Å².